The Bertz CT molecular complexity index is 905. The first-order valence-corrected chi connectivity index (χ1v) is 8.91. The summed E-state index contributed by atoms with van der Waals surface area (Å²) in [6.07, 6.45) is 1.25. The van der Waals surface area contributed by atoms with Gasteiger partial charge in [-0.25, -0.2) is 0 Å². The van der Waals surface area contributed by atoms with E-state index in [4.69, 9.17) is 13.9 Å². The van der Waals surface area contributed by atoms with E-state index in [1.165, 1.54) is 18.2 Å². The van der Waals surface area contributed by atoms with Gasteiger partial charge in [0.25, 0.3) is 11.7 Å². The zero-order valence-corrected chi connectivity index (χ0v) is 14.7. The topological polar surface area (TPSA) is 84.5 Å². The first-order chi connectivity index (χ1) is 13.0. The second kappa shape index (κ2) is 8.60. The lowest BCUT2D eigenvalue weighted by molar-refractivity contribution is -0.112. The van der Waals surface area contributed by atoms with Crippen LogP contribution in [0.4, 0.5) is 14.5 Å². The Labute approximate surface area is 157 Å². The highest BCUT2D eigenvalue weighted by Crippen LogP contribution is 2.32. The lowest BCUT2D eigenvalue weighted by Crippen LogP contribution is -2.17. The van der Waals surface area contributed by atoms with Gasteiger partial charge in [-0.3, -0.25) is 4.79 Å². The molecule has 1 amide bonds. The van der Waals surface area contributed by atoms with Crippen LogP contribution in [-0.4, -0.2) is 24.9 Å². The van der Waals surface area contributed by atoms with Gasteiger partial charge in [-0.2, -0.15) is 14.0 Å². The molecule has 1 aliphatic rings. The van der Waals surface area contributed by atoms with E-state index in [-0.39, 0.29) is 17.1 Å². The maximum atomic E-state index is 12.3. The normalized spacial score (nSPS) is 13.3. The average Bonchev–Trinajstić information content (AvgIpc) is 3.12. The Balaban J connectivity index is 1.69. The van der Waals surface area contributed by atoms with E-state index in [1.807, 2.05) is 0 Å². The molecule has 2 heterocycles. The quantitative estimate of drug-likeness (QED) is 0.590. The number of benzene rings is 1. The number of hydrogen-bond donors (Lipinski definition) is 1. The van der Waals surface area contributed by atoms with Crippen molar-refractivity contribution in [1.82, 2.24) is 0 Å². The van der Waals surface area contributed by atoms with Crippen molar-refractivity contribution in [2.45, 2.75) is 11.5 Å². The Hall–Kier alpha value is -2.99. The number of nitriles is 1. The number of anilines is 1. The largest absolute Gasteiger partial charge is 0.486 e. The van der Waals surface area contributed by atoms with E-state index >= 15 is 0 Å². The van der Waals surface area contributed by atoms with Gasteiger partial charge in [-0.15, -0.1) is 0 Å². The standard InChI is InChI=1S/C18H14F2N2O4S/c19-18(20)27-10-14-3-2-13(26-14)7-11(9-21)17(23)22-12-1-4-15-16(8-12)25-6-5-24-15/h1-4,7-8,18H,5-6,10H2,(H,22,23)/b11-7-. The highest BCUT2D eigenvalue weighted by atomic mass is 32.2. The molecule has 0 saturated carbocycles. The number of amides is 1. The number of carbonyl (C=O) groups excluding carboxylic acids is 1. The number of nitrogens with one attached hydrogen (secondary N) is 1. The van der Waals surface area contributed by atoms with Crippen LogP contribution in [0.5, 0.6) is 11.5 Å². The molecule has 1 aliphatic heterocycles. The number of fused-ring (bicyclic) bond motifs is 1. The van der Waals surface area contributed by atoms with Gasteiger partial charge >= 0.3 is 0 Å². The van der Waals surface area contributed by atoms with Gasteiger partial charge in [0.2, 0.25) is 0 Å². The van der Waals surface area contributed by atoms with Crippen LogP contribution in [-0.2, 0) is 10.5 Å². The zero-order valence-electron chi connectivity index (χ0n) is 13.9. The van der Waals surface area contributed by atoms with Crippen LogP contribution in [0.3, 0.4) is 0 Å². The number of carbonyl (C=O) groups is 1. The van der Waals surface area contributed by atoms with Gasteiger partial charge in [-0.05, 0) is 24.3 Å². The molecular weight excluding hydrogens is 378 g/mol. The molecule has 1 N–H and O–H groups in total. The molecule has 3 rings (SSSR count). The second-order valence-corrected chi connectivity index (χ2v) is 6.34. The lowest BCUT2D eigenvalue weighted by Gasteiger charge is -2.18. The number of alkyl halides is 2. The van der Waals surface area contributed by atoms with E-state index in [0.717, 1.165) is 0 Å². The van der Waals surface area contributed by atoms with Crippen LogP contribution in [0.15, 0.2) is 40.3 Å². The fraction of sp³-hybridized carbons (Fsp3) is 0.222. The highest BCUT2D eigenvalue weighted by Gasteiger charge is 2.15. The van der Waals surface area contributed by atoms with Crippen LogP contribution in [0.1, 0.15) is 11.5 Å². The van der Waals surface area contributed by atoms with E-state index in [1.54, 1.807) is 24.3 Å². The van der Waals surface area contributed by atoms with Crippen LogP contribution in [0.2, 0.25) is 0 Å². The predicted octanol–water partition coefficient (Wildman–Crippen LogP) is 4.05. The molecule has 140 valence electrons. The molecule has 0 spiro atoms. The molecule has 0 saturated heterocycles. The minimum Gasteiger partial charge on any atom is -0.486 e. The fourth-order valence-corrected chi connectivity index (χ4v) is 2.75. The van der Waals surface area contributed by atoms with Crippen molar-refractivity contribution >= 4 is 29.4 Å². The Kier molecular flexibility index (Phi) is 5.98. The second-order valence-electron chi connectivity index (χ2n) is 5.36. The summed E-state index contributed by atoms with van der Waals surface area (Å²) in [5.41, 5.74) is 0.256. The van der Waals surface area contributed by atoms with Crippen molar-refractivity contribution in [2.75, 3.05) is 18.5 Å². The third kappa shape index (κ3) is 5.01. The lowest BCUT2D eigenvalue weighted by atomic mass is 10.2. The van der Waals surface area contributed by atoms with Crippen LogP contribution in [0, 0.1) is 11.3 Å². The molecule has 0 aliphatic carbocycles. The molecule has 1 aromatic carbocycles. The number of thioether (sulfide) groups is 1. The van der Waals surface area contributed by atoms with E-state index in [0.29, 0.717) is 47.9 Å². The van der Waals surface area contributed by atoms with E-state index in [9.17, 15) is 18.8 Å². The summed E-state index contributed by atoms with van der Waals surface area (Å²) in [5.74, 6) is -1.48. The minimum absolute atomic E-state index is 0.00319. The average molecular weight is 392 g/mol. The smallest absolute Gasteiger partial charge is 0.284 e. The van der Waals surface area contributed by atoms with Gasteiger partial charge in [0.15, 0.2) is 11.5 Å². The van der Waals surface area contributed by atoms with Crippen molar-refractivity contribution < 1.29 is 27.5 Å². The summed E-state index contributed by atoms with van der Waals surface area (Å²) in [6.45, 7) is 0.874. The summed E-state index contributed by atoms with van der Waals surface area (Å²) in [6, 6.07) is 9.74. The van der Waals surface area contributed by atoms with E-state index < -0.39 is 11.7 Å². The molecule has 6 nitrogen and oxygen atoms in total. The van der Waals surface area contributed by atoms with Crippen molar-refractivity contribution in [2.24, 2.45) is 0 Å². The van der Waals surface area contributed by atoms with Gasteiger partial charge in [0.1, 0.15) is 36.4 Å². The maximum Gasteiger partial charge on any atom is 0.284 e. The molecule has 27 heavy (non-hydrogen) atoms. The third-order valence-corrected chi connectivity index (χ3v) is 4.19. The Morgan fingerprint density at radius 1 is 1.26 bits per heavy atom. The molecule has 0 atom stereocenters. The van der Waals surface area contributed by atoms with Gasteiger partial charge in [0.05, 0.1) is 5.75 Å². The summed E-state index contributed by atoms with van der Waals surface area (Å²) in [7, 11) is 0. The SMILES string of the molecule is N#C/C(=C/c1ccc(CSC(F)F)o1)C(=O)Nc1ccc2c(c1)OCCO2. The van der Waals surface area contributed by atoms with Crippen molar-refractivity contribution in [3.05, 3.63) is 47.4 Å². The summed E-state index contributed by atoms with van der Waals surface area (Å²) in [4.78, 5) is 12.3. The Morgan fingerprint density at radius 3 is 2.78 bits per heavy atom. The third-order valence-electron chi connectivity index (χ3n) is 3.49. The molecule has 9 heteroatoms. The number of ether oxygens (including phenoxy) is 2. The number of furan rings is 1. The Morgan fingerprint density at radius 2 is 2.04 bits per heavy atom. The first-order valence-electron chi connectivity index (χ1n) is 7.86. The molecular formula is C18H14F2N2O4S. The molecule has 0 unspecified atom stereocenters. The molecule has 0 bridgehead atoms. The van der Waals surface area contributed by atoms with E-state index in [2.05, 4.69) is 5.32 Å². The van der Waals surface area contributed by atoms with Crippen molar-refractivity contribution in [3.8, 4) is 17.6 Å². The number of halogens is 2. The fourth-order valence-electron chi connectivity index (χ4n) is 2.31. The van der Waals surface area contributed by atoms with Gasteiger partial charge in [0, 0.05) is 17.8 Å². The van der Waals surface area contributed by atoms with Gasteiger partial charge in [-0.1, -0.05) is 11.8 Å². The molecule has 1 aromatic heterocycles. The molecule has 0 radical (unpaired) electrons. The molecule has 0 fully saturated rings. The number of rotatable bonds is 6. The molecule has 2 aromatic rings. The van der Waals surface area contributed by atoms with Crippen LogP contribution in [0.25, 0.3) is 6.08 Å². The summed E-state index contributed by atoms with van der Waals surface area (Å²) >= 11 is 0.427. The monoisotopic (exact) mass is 392 g/mol. The summed E-state index contributed by atoms with van der Waals surface area (Å²) in [5, 5.41) is 11.8. The first kappa shape index (κ1) is 18.8. The highest BCUT2D eigenvalue weighted by molar-refractivity contribution is 7.98. The van der Waals surface area contributed by atoms with Crippen molar-refractivity contribution in [1.29, 1.82) is 5.26 Å². The maximum absolute atomic E-state index is 12.3. The predicted molar refractivity (Wildman–Crippen MR) is 95.7 cm³/mol. The minimum atomic E-state index is -2.50. The number of nitrogens with zero attached hydrogens (tertiary/aromatic N) is 1. The van der Waals surface area contributed by atoms with Crippen LogP contribution >= 0.6 is 11.8 Å². The summed E-state index contributed by atoms with van der Waals surface area (Å²) < 4.78 is 40.6. The van der Waals surface area contributed by atoms with Gasteiger partial charge < -0.3 is 19.2 Å². The van der Waals surface area contributed by atoms with Crippen molar-refractivity contribution in [3.63, 3.8) is 0 Å². The van der Waals surface area contributed by atoms with Crippen LogP contribution < -0.4 is 14.8 Å². The zero-order chi connectivity index (χ0) is 19.2. The number of hydrogen-bond acceptors (Lipinski definition) is 6.